The highest BCUT2D eigenvalue weighted by molar-refractivity contribution is 7.12. The Morgan fingerprint density at radius 1 is 1.21 bits per heavy atom. The van der Waals surface area contributed by atoms with E-state index in [1.165, 1.54) is 11.3 Å². The maximum atomic E-state index is 12.2. The average Bonchev–Trinajstić information content (AvgIpc) is 3.06. The summed E-state index contributed by atoms with van der Waals surface area (Å²) < 4.78 is 5.60. The highest BCUT2D eigenvalue weighted by Gasteiger charge is 2.25. The quantitative estimate of drug-likeness (QED) is 0.760. The molecule has 0 saturated carbocycles. The van der Waals surface area contributed by atoms with Gasteiger partial charge in [0.2, 0.25) is 11.8 Å². The van der Waals surface area contributed by atoms with Crippen molar-refractivity contribution in [2.24, 2.45) is 0 Å². The van der Waals surface area contributed by atoms with Gasteiger partial charge in [-0.05, 0) is 25.3 Å². The van der Waals surface area contributed by atoms with E-state index in [4.69, 9.17) is 4.74 Å². The Labute approximate surface area is 146 Å². The van der Waals surface area contributed by atoms with Gasteiger partial charge in [0, 0.05) is 38.9 Å². The van der Waals surface area contributed by atoms with Crippen LogP contribution in [0.25, 0.3) is 0 Å². The first-order valence-corrected chi connectivity index (χ1v) is 9.10. The third kappa shape index (κ3) is 5.72. The molecule has 0 spiro atoms. The number of amides is 2. The number of morpholine rings is 1. The van der Waals surface area contributed by atoms with Crippen LogP contribution in [0.2, 0.25) is 0 Å². The average molecular weight is 352 g/mol. The summed E-state index contributed by atoms with van der Waals surface area (Å²) in [4.78, 5) is 38.2. The molecule has 0 aliphatic carbocycles. The number of carbonyl (C=O) groups excluding carboxylic acids is 3. The number of ketones is 1. The van der Waals surface area contributed by atoms with E-state index < -0.39 is 0 Å². The van der Waals surface area contributed by atoms with Gasteiger partial charge in [0.05, 0.1) is 17.1 Å². The van der Waals surface area contributed by atoms with Crippen molar-refractivity contribution in [3.05, 3.63) is 22.4 Å². The number of thiophene rings is 1. The molecule has 0 radical (unpaired) electrons. The zero-order valence-corrected chi connectivity index (χ0v) is 14.9. The molecule has 0 bridgehead atoms. The van der Waals surface area contributed by atoms with Crippen LogP contribution in [-0.4, -0.2) is 54.3 Å². The van der Waals surface area contributed by atoms with Gasteiger partial charge in [-0.15, -0.1) is 11.3 Å². The third-order valence-corrected chi connectivity index (χ3v) is 4.72. The molecule has 1 aromatic heterocycles. The molecule has 1 N–H and O–H groups in total. The lowest BCUT2D eigenvalue weighted by atomic mass is 10.2. The minimum Gasteiger partial charge on any atom is -0.372 e. The Kier molecular flexibility index (Phi) is 6.93. The van der Waals surface area contributed by atoms with Crippen LogP contribution in [0.5, 0.6) is 0 Å². The molecule has 1 saturated heterocycles. The van der Waals surface area contributed by atoms with E-state index in [1.807, 2.05) is 25.3 Å². The van der Waals surface area contributed by atoms with Gasteiger partial charge in [-0.2, -0.15) is 0 Å². The van der Waals surface area contributed by atoms with E-state index in [0.29, 0.717) is 24.5 Å². The van der Waals surface area contributed by atoms with Crippen molar-refractivity contribution in [3.63, 3.8) is 0 Å². The van der Waals surface area contributed by atoms with Crippen LogP contribution in [0.1, 0.15) is 42.8 Å². The molecule has 7 heteroatoms. The fourth-order valence-corrected chi connectivity index (χ4v) is 3.42. The van der Waals surface area contributed by atoms with Crippen LogP contribution in [0, 0.1) is 0 Å². The number of Topliss-reactive ketones (excluding diaryl/α,β-unsaturated/α-hetero) is 1. The highest BCUT2D eigenvalue weighted by atomic mass is 32.1. The molecule has 1 aliphatic heterocycles. The van der Waals surface area contributed by atoms with Crippen LogP contribution in [-0.2, 0) is 14.3 Å². The summed E-state index contributed by atoms with van der Waals surface area (Å²) >= 11 is 1.38. The Morgan fingerprint density at radius 2 is 1.92 bits per heavy atom. The number of hydrogen-bond donors (Lipinski definition) is 1. The lowest BCUT2D eigenvalue weighted by Crippen LogP contribution is -2.48. The fraction of sp³-hybridized carbons (Fsp3) is 0.588. The largest absolute Gasteiger partial charge is 0.372 e. The van der Waals surface area contributed by atoms with Gasteiger partial charge < -0.3 is 15.0 Å². The molecule has 1 fully saturated rings. The monoisotopic (exact) mass is 352 g/mol. The van der Waals surface area contributed by atoms with Gasteiger partial charge in [-0.25, -0.2) is 0 Å². The summed E-state index contributed by atoms with van der Waals surface area (Å²) in [6, 6.07) is 3.57. The fourth-order valence-electron chi connectivity index (χ4n) is 2.72. The lowest BCUT2D eigenvalue weighted by molar-refractivity contribution is -0.143. The van der Waals surface area contributed by atoms with Gasteiger partial charge in [-0.1, -0.05) is 6.07 Å². The second-order valence-corrected chi connectivity index (χ2v) is 7.00. The molecule has 132 valence electrons. The summed E-state index contributed by atoms with van der Waals surface area (Å²) in [6.45, 7) is 5.37. The predicted octanol–water partition coefficient (Wildman–Crippen LogP) is 1.85. The van der Waals surface area contributed by atoms with Crippen LogP contribution in [0.3, 0.4) is 0 Å². The number of hydrogen-bond acceptors (Lipinski definition) is 5. The van der Waals surface area contributed by atoms with Gasteiger partial charge in [0.25, 0.3) is 0 Å². The third-order valence-electron chi connectivity index (χ3n) is 3.81. The maximum absolute atomic E-state index is 12.2. The van der Waals surface area contributed by atoms with Crippen molar-refractivity contribution < 1.29 is 19.1 Å². The zero-order chi connectivity index (χ0) is 17.5. The smallest absolute Gasteiger partial charge is 0.224 e. The Bertz CT molecular complexity index is 563. The predicted molar refractivity (Wildman–Crippen MR) is 92.1 cm³/mol. The minimum absolute atomic E-state index is 0.0203. The second-order valence-electron chi connectivity index (χ2n) is 6.06. The van der Waals surface area contributed by atoms with Crippen LogP contribution >= 0.6 is 11.3 Å². The van der Waals surface area contributed by atoms with Crippen molar-refractivity contribution >= 4 is 28.9 Å². The Morgan fingerprint density at radius 3 is 2.54 bits per heavy atom. The normalized spacial score (nSPS) is 20.7. The van der Waals surface area contributed by atoms with Gasteiger partial charge in [-0.3, -0.25) is 14.4 Å². The SMILES string of the molecule is CC1CN(C(=O)CCNC(=O)CCC(=O)c2cccs2)CC(C)O1. The van der Waals surface area contributed by atoms with Gasteiger partial charge in [0.1, 0.15) is 0 Å². The minimum atomic E-state index is -0.198. The van der Waals surface area contributed by atoms with Crippen LogP contribution < -0.4 is 5.32 Å². The molecule has 2 unspecified atom stereocenters. The molecule has 0 aromatic carbocycles. The van der Waals surface area contributed by atoms with Gasteiger partial charge in [0.15, 0.2) is 5.78 Å². The van der Waals surface area contributed by atoms with E-state index in [1.54, 1.807) is 11.0 Å². The van der Waals surface area contributed by atoms with E-state index in [0.717, 1.165) is 0 Å². The topological polar surface area (TPSA) is 75.7 Å². The standard InChI is InChI=1S/C17H24N2O4S/c1-12-10-19(11-13(2)23-12)17(22)7-8-18-16(21)6-5-14(20)15-4-3-9-24-15/h3-4,9,12-13H,5-8,10-11H2,1-2H3,(H,18,21). The summed E-state index contributed by atoms with van der Waals surface area (Å²) in [7, 11) is 0. The molecule has 2 heterocycles. The first-order chi connectivity index (χ1) is 11.5. The molecule has 1 aliphatic rings. The van der Waals surface area contributed by atoms with Crippen molar-refractivity contribution in [3.8, 4) is 0 Å². The zero-order valence-electron chi connectivity index (χ0n) is 14.1. The first-order valence-electron chi connectivity index (χ1n) is 8.22. The summed E-state index contributed by atoms with van der Waals surface area (Å²) in [5, 5.41) is 4.55. The molecule has 1 aromatic rings. The summed E-state index contributed by atoms with van der Waals surface area (Å²) in [5.41, 5.74) is 0. The molecule has 6 nitrogen and oxygen atoms in total. The highest BCUT2D eigenvalue weighted by Crippen LogP contribution is 2.13. The van der Waals surface area contributed by atoms with E-state index in [9.17, 15) is 14.4 Å². The summed E-state index contributed by atoms with van der Waals surface area (Å²) in [6.07, 6.45) is 0.686. The molecular formula is C17H24N2O4S. The second kappa shape index (κ2) is 8.94. The van der Waals surface area contributed by atoms with E-state index >= 15 is 0 Å². The number of nitrogens with one attached hydrogen (secondary N) is 1. The number of ether oxygens (including phenoxy) is 1. The summed E-state index contributed by atoms with van der Waals surface area (Å²) in [5.74, 6) is -0.198. The van der Waals surface area contributed by atoms with Crippen molar-refractivity contribution in [1.82, 2.24) is 10.2 Å². The molecular weight excluding hydrogens is 328 g/mol. The molecule has 2 rings (SSSR count). The Hall–Kier alpha value is -1.73. The Balaban J connectivity index is 1.63. The molecule has 2 atom stereocenters. The van der Waals surface area contributed by atoms with Crippen molar-refractivity contribution in [1.29, 1.82) is 0 Å². The van der Waals surface area contributed by atoms with Crippen molar-refractivity contribution in [2.75, 3.05) is 19.6 Å². The first kappa shape index (κ1) is 18.6. The molecule has 24 heavy (non-hydrogen) atoms. The van der Waals surface area contributed by atoms with Crippen LogP contribution in [0.15, 0.2) is 17.5 Å². The van der Waals surface area contributed by atoms with E-state index in [2.05, 4.69) is 5.32 Å². The number of nitrogens with zero attached hydrogens (tertiary/aromatic N) is 1. The van der Waals surface area contributed by atoms with Crippen molar-refractivity contribution in [2.45, 2.75) is 45.3 Å². The maximum Gasteiger partial charge on any atom is 0.224 e. The lowest BCUT2D eigenvalue weighted by Gasteiger charge is -2.35. The molecule has 2 amide bonds. The number of carbonyl (C=O) groups is 3. The van der Waals surface area contributed by atoms with Crippen LogP contribution in [0.4, 0.5) is 0 Å². The van der Waals surface area contributed by atoms with E-state index in [-0.39, 0.29) is 49.1 Å². The van der Waals surface area contributed by atoms with Gasteiger partial charge >= 0.3 is 0 Å². The number of rotatable bonds is 7.